The molecule has 1 fully saturated rings. The van der Waals surface area contributed by atoms with Gasteiger partial charge in [-0.1, -0.05) is 17.7 Å². The summed E-state index contributed by atoms with van der Waals surface area (Å²) in [6, 6.07) is 7.22. The van der Waals surface area contributed by atoms with Crippen molar-refractivity contribution in [1.29, 1.82) is 5.26 Å². The van der Waals surface area contributed by atoms with Crippen LogP contribution in [-0.2, 0) is 17.5 Å². The van der Waals surface area contributed by atoms with Gasteiger partial charge in [0.1, 0.15) is 5.75 Å². The molecular weight excluding hydrogens is 508 g/mol. The lowest BCUT2D eigenvalue weighted by Crippen LogP contribution is -2.54. The first-order valence-corrected chi connectivity index (χ1v) is 10.6. The third-order valence-corrected chi connectivity index (χ3v) is 5.51. The van der Waals surface area contributed by atoms with E-state index < -0.39 is 47.0 Å². The molecule has 2 aromatic heterocycles. The van der Waals surface area contributed by atoms with Crippen LogP contribution >= 0.6 is 11.6 Å². The fraction of sp³-hybridized carbons (Fsp3) is 0.227. The molecule has 0 bridgehead atoms. The molecule has 2 N–H and O–H groups in total. The molecule has 1 aromatic carbocycles. The number of nitriles is 1. The molecule has 0 saturated carbocycles. The van der Waals surface area contributed by atoms with Gasteiger partial charge >= 0.3 is 6.18 Å². The number of aromatic nitrogens is 3. The number of benzene rings is 1. The number of hydrogen-bond acceptors (Lipinski definition) is 7. The molecule has 1 amide bonds. The molecule has 2 unspecified atom stereocenters. The number of pyridine rings is 1. The van der Waals surface area contributed by atoms with Crippen molar-refractivity contribution in [3.05, 3.63) is 81.0 Å². The van der Waals surface area contributed by atoms with Crippen LogP contribution in [0.4, 0.5) is 17.6 Å². The van der Waals surface area contributed by atoms with Crippen LogP contribution in [0.25, 0.3) is 0 Å². The van der Waals surface area contributed by atoms with Crippen LogP contribution < -0.4 is 21.1 Å². The fourth-order valence-electron chi connectivity index (χ4n) is 3.65. The normalized spacial score (nSPS) is 17.8. The number of ether oxygens (including phenoxy) is 1. The van der Waals surface area contributed by atoms with E-state index in [1.807, 2.05) is 0 Å². The molecule has 0 aliphatic carbocycles. The topological polar surface area (TPSA) is 122 Å². The molecule has 3 heterocycles. The number of rotatable bonds is 5. The number of carbonyl (C=O) groups excluding carboxylic acids is 1. The second kappa shape index (κ2) is 9.92. The summed E-state index contributed by atoms with van der Waals surface area (Å²) in [4.78, 5) is 32.2. The van der Waals surface area contributed by atoms with E-state index in [-0.39, 0.29) is 29.3 Å². The van der Waals surface area contributed by atoms with Crippen LogP contribution in [0.5, 0.6) is 11.5 Å². The maximum Gasteiger partial charge on any atom is 0.437 e. The fourth-order valence-corrected chi connectivity index (χ4v) is 3.87. The van der Waals surface area contributed by atoms with Crippen molar-refractivity contribution in [1.82, 2.24) is 25.4 Å². The summed E-state index contributed by atoms with van der Waals surface area (Å²) < 4.78 is 60.1. The van der Waals surface area contributed by atoms with Crippen LogP contribution in [0, 0.1) is 17.3 Å². The average Bonchev–Trinajstić information content (AvgIpc) is 2.82. The quantitative estimate of drug-likeness (QED) is 0.389. The Labute approximate surface area is 205 Å². The molecule has 14 heteroatoms. The second-order valence-electron chi connectivity index (χ2n) is 7.80. The number of amides is 1. The van der Waals surface area contributed by atoms with Crippen LogP contribution in [0.2, 0.25) is 5.02 Å². The van der Waals surface area contributed by atoms with E-state index in [0.717, 1.165) is 29.1 Å². The number of hydrazine groups is 1. The number of halogens is 5. The second-order valence-corrected chi connectivity index (χ2v) is 8.24. The van der Waals surface area contributed by atoms with Crippen molar-refractivity contribution in [3.8, 4) is 17.6 Å². The summed E-state index contributed by atoms with van der Waals surface area (Å²) in [5.41, 5.74) is 2.88. The van der Waals surface area contributed by atoms with Gasteiger partial charge in [0.2, 0.25) is 17.6 Å². The van der Waals surface area contributed by atoms with Crippen LogP contribution in [0.15, 0.2) is 47.7 Å². The van der Waals surface area contributed by atoms with Crippen molar-refractivity contribution < 1.29 is 27.1 Å². The number of alkyl halides is 3. The molecule has 3 aromatic rings. The van der Waals surface area contributed by atoms with Gasteiger partial charge in [0.05, 0.1) is 23.9 Å². The van der Waals surface area contributed by atoms with Gasteiger partial charge < -0.3 is 4.74 Å². The average molecular weight is 523 g/mol. The molecule has 2 atom stereocenters. The Hall–Kier alpha value is -4.02. The van der Waals surface area contributed by atoms with Gasteiger partial charge in [-0.3, -0.25) is 19.6 Å². The Morgan fingerprint density at radius 3 is 2.67 bits per heavy atom. The maximum atomic E-state index is 13.6. The Morgan fingerprint density at radius 1 is 1.22 bits per heavy atom. The highest BCUT2D eigenvalue weighted by Gasteiger charge is 2.39. The van der Waals surface area contributed by atoms with Gasteiger partial charge in [0, 0.05) is 23.8 Å². The van der Waals surface area contributed by atoms with Gasteiger partial charge in [-0.2, -0.15) is 22.8 Å². The SMILES string of the molecule is N#Cc1cc(Cl)cc(Oc2c(C(F)(F)F)ncn(CC3CC(c4ccc(F)nc4)C(=O)NN3)c2=O)c1. The molecule has 0 spiro atoms. The van der Waals surface area contributed by atoms with Crippen molar-refractivity contribution in [2.24, 2.45) is 0 Å². The van der Waals surface area contributed by atoms with Gasteiger partial charge in [-0.05, 0) is 36.2 Å². The lowest BCUT2D eigenvalue weighted by atomic mass is 9.91. The zero-order valence-corrected chi connectivity index (χ0v) is 18.8. The first-order chi connectivity index (χ1) is 17.0. The van der Waals surface area contributed by atoms with E-state index in [1.165, 1.54) is 18.3 Å². The highest BCUT2D eigenvalue weighted by atomic mass is 35.5. The van der Waals surface area contributed by atoms with Crippen LogP contribution in [0.1, 0.15) is 29.2 Å². The Kier molecular flexibility index (Phi) is 6.91. The van der Waals surface area contributed by atoms with Gasteiger partial charge in [-0.25, -0.2) is 15.4 Å². The van der Waals surface area contributed by atoms with E-state index in [9.17, 15) is 27.2 Å². The molecule has 186 valence electrons. The number of nitrogens with zero attached hydrogens (tertiary/aromatic N) is 4. The zero-order chi connectivity index (χ0) is 26.0. The molecule has 9 nitrogen and oxygen atoms in total. The van der Waals surface area contributed by atoms with Crippen molar-refractivity contribution >= 4 is 17.5 Å². The number of hydrogen-bond donors (Lipinski definition) is 2. The first-order valence-electron chi connectivity index (χ1n) is 10.3. The largest absolute Gasteiger partial charge is 0.449 e. The zero-order valence-electron chi connectivity index (χ0n) is 18.0. The minimum atomic E-state index is -5.01. The number of nitrogens with one attached hydrogen (secondary N) is 2. The lowest BCUT2D eigenvalue weighted by Gasteiger charge is -2.30. The summed E-state index contributed by atoms with van der Waals surface area (Å²) in [5, 5.41) is 9.09. The van der Waals surface area contributed by atoms with Crippen molar-refractivity contribution in [2.75, 3.05) is 0 Å². The first kappa shape index (κ1) is 25.1. The van der Waals surface area contributed by atoms with E-state index >= 15 is 0 Å². The molecule has 1 saturated heterocycles. The molecule has 36 heavy (non-hydrogen) atoms. The standard InChI is InChI=1S/C22H15ClF4N6O3/c23-13-3-11(7-28)4-15(5-13)36-18-19(22(25,26)27)30-10-33(21(18)35)9-14-6-16(20(34)32-31-14)12-1-2-17(24)29-8-12/h1-5,8,10,14,16,31H,6,9H2,(H,32,34). The molecular formula is C22H15ClF4N6O3. The van der Waals surface area contributed by atoms with Crippen molar-refractivity contribution in [3.63, 3.8) is 0 Å². The minimum Gasteiger partial charge on any atom is -0.449 e. The predicted octanol–water partition coefficient (Wildman–Crippen LogP) is 3.29. The summed E-state index contributed by atoms with van der Waals surface area (Å²) >= 11 is 5.89. The summed E-state index contributed by atoms with van der Waals surface area (Å²) in [6.07, 6.45) is -2.95. The van der Waals surface area contributed by atoms with E-state index in [1.54, 1.807) is 6.07 Å². The highest BCUT2D eigenvalue weighted by Crippen LogP contribution is 2.35. The Bertz CT molecular complexity index is 1400. The van der Waals surface area contributed by atoms with Gasteiger partial charge in [0.25, 0.3) is 5.56 Å². The monoisotopic (exact) mass is 522 g/mol. The van der Waals surface area contributed by atoms with E-state index in [4.69, 9.17) is 21.6 Å². The summed E-state index contributed by atoms with van der Waals surface area (Å²) in [7, 11) is 0. The third kappa shape index (κ3) is 5.45. The Morgan fingerprint density at radius 2 is 2.00 bits per heavy atom. The van der Waals surface area contributed by atoms with Crippen molar-refractivity contribution in [2.45, 2.75) is 31.1 Å². The van der Waals surface area contributed by atoms with E-state index in [2.05, 4.69) is 20.8 Å². The lowest BCUT2D eigenvalue weighted by molar-refractivity contribution is -0.142. The summed E-state index contributed by atoms with van der Waals surface area (Å²) in [5.74, 6) is -3.24. The smallest absolute Gasteiger partial charge is 0.437 e. The molecule has 1 aliphatic rings. The minimum absolute atomic E-state index is 0.0127. The van der Waals surface area contributed by atoms with Crippen LogP contribution in [0.3, 0.4) is 0 Å². The molecule has 0 radical (unpaired) electrons. The van der Waals surface area contributed by atoms with Crippen LogP contribution in [-0.4, -0.2) is 26.5 Å². The van der Waals surface area contributed by atoms with Gasteiger partial charge in [-0.15, -0.1) is 0 Å². The molecule has 4 rings (SSSR count). The highest BCUT2D eigenvalue weighted by molar-refractivity contribution is 6.30. The Balaban J connectivity index is 1.65. The van der Waals surface area contributed by atoms with E-state index in [0.29, 0.717) is 5.56 Å². The predicted molar refractivity (Wildman–Crippen MR) is 116 cm³/mol. The third-order valence-electron chi connectivity index (χ3n) is 5.29. The summed E-state index contributed by atoms with van der Waals surface area (Å²) in [6.45, 7) is -0.190. The molecule has 1 aliphatic heterocycles. The number of carbonyl (C=O) groups is 1. The maximum absolute atomic E-state index is 13.6. The van der Waals surface area contributed by atoms with Gasteiger partial charge in [0.15, 0.2) is 5.69 Å².